The third-order valence-electron chi connectivity index (χ3n) is 7.21. The van der Waals surface area contributed by atoms with Gasteiger partial charge < -0.3 is 5.32 Å². The van der Waals surface area contributed by atoms with E-state index in [0.717, 1.165) is 56.6 Å². The zero-order valence-corrected chi connectivity index (χ0v) is 20.0. The second-order valence-electron chi connectivity index (χ2n) is 9.69. The summed E-state index contributed by atoms with van der Waals surface area (Å²) in [5.41, 5.74) is 4.77. The Labute approximate surface area is 202 Å². The van der Waals surface area contributed by atoms with Gasteiger partial charge in [-0.25, -0.2) is 0 Å². The van der Waals surface area contributed by atoms with Crippen LogP contribution in [0.15, 0.2) is 54.6 Å². The second-order valence-corrected chi connectivity index (χ2v) is 9.69. The Morgan fingerprint density at radius 2 is 1.88 bits per heavy atom. The minimum Gasteiger partial charge on any atom is -0.379 e. The molecule has 0 unspecified atom stereocenters. The largest absolute Gasteiger partial charge is 0.379 e. The average molecular weight is 456 g/mol. The van der Waals surface area contributed by atoms with Crippen molar-refractivity contribution in [2.75, 3.05) is 18.4 Å². The summed E-state index contributed by atoms with van der Waals surface area (Å²) in [4.78, 5) is 26.6. The van der Waals surface area contributed by atoms with E-state index in [1.54, 1.807) is 0 Å². The van der Waals surface area contributed by atoms with Crippen LogP contribution in [0.2, 0.25) is 0 Å². The maximum Gasteiger partial charge on any atom is 0.188 e. The molecule has 176 valence electrons. The first kappa shape index (κ1) is 23.9. The Morgan fingerprint density at radius 3 is 2.65 bits per heavy atom. The van der Waals surface area contributed by atoms with Crippen LogP contribution in [0.4, 0.5) is 5.69 Å². The van der Waals surface area contributed by atoms with E-state index in [1.165, 1.54) is 49.5 Å². The minimum absolute atomic E-state index is 0.0479. The van der Waals surface area contributed by atoms with E-state index >= 15 is 0 Å². The van der Waals surface area contributed by atoms with Gasteiger partial charge in [-0.3, -0.25) is 14.5 Å². The van der Waals surface area contributed by atoms with Gasteiger partial charge in [-0.05, 0) is 80.2 Å². The maximum atomic E-state index is 12.8. The molecule has 0 spiro atoms. The maximum absolute atomic E-state index is 12.8. The number of ketones is 2. The van der Waals surface area contributed by atoms with Crippen molar-refractivity contribution < 1.29 is 9.59 Å². The number of fused-ring (bicyclic) bond motifs is 1. The normalized spacial score (nSPS) is 17.6. The first-order valence-electron chi connectivity index (χ1n) is 12.3. The fourth-order valence-corrected chi connectivity index (χ4v) is 5.29. The topological polar surface area (TPSA) is 73.2 Å². The molecule has 1 saturated carbocycles. The summed E-state index contributed by atoms with van der Waals surface area (Å²) in [5, 5.41) is 13.1. The number of para-hydroxylation sites is 1. The third-order valence-corrected chi connectivity index (χ3v) is 7.21. The number of anilines is 1. The molecule has 0 atom stereocenters. The Morgan fingerprint density at radius 1 is 1.09 bits per heavy atom. The molecule has 34 heavy (non-hydrogen) atoms. The number of nitrogens with one attached hydrogen (secondary N) is 1. The number of hydrogen-bond donors (Lipinski definition) is 1. The first-order chi connectivity index (χ1) is 16.5. The summed E-state index contributed by atoms with van der Waals surface area (Å²) in [5.74, 6) is -0.280. The molecular formula is C29H33N3O2. The molecule has 0 aromatic heterocycles. The lowest BCUT2D eigenvalue weighted by Crippen LogP contribution is -2.44. The Balaban J connectivity index is 1.49. The number of allylic oxidation sites excluding steroid dienone is 2. The standard InChI is InChI=1S/C29H33N3O2/c1-22(33)9-12-28(34)26-7-3-4-8-27(26)31-29(14-5-2-6-15-29)16-18-32-17-13-24-11-10-23(20-30)19-25(24)21-32/h3-4,7-12,19,31H,2,5-6,13-18,21H2,1H3. The van der Waals surface area contributed by atoms with Gasteiger partial charge in [-0.15, -0.1) is 0 Å². The minimum atomic E-state index is -0.148. The monoisotopic (exact) mass is 455 g/mol. The van der Waals surface area contributed by atoms with Crippen LogP contribution >= 0.6 is 0 Å². The number of carbonyl (C=O) groups excluding carboxylic acids is 2. The molecule has 1 N–H and O–H groups in total. The smallest absolute Gasteiger partial charge is 0.188 e. The zero-order chi connectivity index (χ0) is 24.0. The Bertz CT molecular complexity index is 1120. The van der Waals surface area contributed by atoms with E-state index in [4.69, 9.17) is 0 Å². The predicted molar refractivity (Wildman–Crippen MR) is 135 cm³/mol. The van der Waals surface area contributed by atoms with E-state index in [2.05, 4.69) is 22.4 Å². The number of carbonyl (C=O) groups is 2. The molecule has 5 heteroatoms. The SMILES string of the molecule is CC(=O)C=CC(=O)c1ccccc1NC1(CCN2CCc3ccc(C#N)cc3C2)CCCCC1. The third kappa shape index (κ3) is 5.81. The highest BCUT2D eigenvalue weighted by Gasteiger charge is 2.33. The fraction of sp³-hybridized carbons (Fsp3) is 0.414. The molecule has 2 aromatic carbocycles. The van der Waals surface area contributed by atoms with Crippen molar-refractivity contribution in [3.63, 3.8) is 0 Å². The fourth-order valence-electron chi connectivity index (χ4n) is 5.29. The van der Waals surface area contributed by atoms with Crippen LogP contribution in [0.1, 0.15) is 72.5 Å². The van der Waals surface area contributed by atoms with Crippen LogP contribution in [0, 0.1) is 11.3 Å². The summed E-state index contributed by atoms with van der Waals surface area (Å²) in [6.07, 6.45) is 10.5. The zero-order valence-electron chi connectivity index (χ0n) is 20.0. The van der Waals surface area contributed by atoms with Gasteiger partial charge in [0.1, 0.15) is 0 Å². The highest BCUT2D eigenvalue weighted by molar-refractivity contribution is 6.10. The van der Waals surface area contributed by atoms with Gasteiger partial charge in [0.15, 0.2) is 11.6 Å². The summed E-state index contributed by atoms with van der Waals surface area (Å²) < 4.78 is 0. The van der Waals surface area contributed by atoms with Gasteiger partial charge in [0.2, 0.25) is 0 Å². The summed E-state index contributed by atoms with van der Waals surface area (Å²) in [6.45, 7) is 4.33. The van der Waals surface area contributed by atoms with Crippen molar-refractivity contribution in [2.45, 2.75) is 64.0 Å². The molecule has 1 heterocycles. The van der Waals surface area contributed by atoms with Crippen LogP contribution < -0.4 is 5.32 Å². The number of nitrogens with zero attached hydrogens (tertiary/aromatic N) is 2. The lowest BCUT2D eigenvalue weighted by Gasteiger charge is -2.41. The van der Waals surface area contributed by atoms with Gasteiger partial charge in [0.25, 0.3) is 0 Å². The summed E-state index contributed by atoms with van der Waals surface area (Å²) >= 11 is 0. The van der Waals surface area contributed by atoms with Crippen molar-refractivity contribution in [2.24, 2.45) is 0 Å². The number of rotatable bonds is 8. The van der Waals surface area contributed by atoms with Crippen molar-refractivity contribution in [3.05, 3.63) is 76.9 Å². The van der Waals surface area contributed by atoms with E-state index in [9.17, 15) is 14.9 Å². The quantitative estimate of drug-likeness (QED) is 0.423. The van der Waals surface area contributed by atoms with Crippen molar-refractivity contribution in [1.82, 2.24) is 4.90 Å². The number of hydrogen-bond acceptors (Lipinski definition) is 5. The molecule has 5 nitrogen and oxygen atoms in total. The molecule has 0 radical (unpaired) electrons. The molecule has 1 aliphatic carbocycles. The van der Waals surface area contributed by atoms with Crippen molar-refractivity contribution in [3.8, 4) is 6.07 Å². The molecule has 1 aliphatic heterocycles. The van der Waals surface area contributed by atoms with Crippen LogP contribution in [-0.2, 0) is 17.8 Å². The highest BCUT2D eigenvalue weighted by atomic mass is 16.1. The van der Waals surface area contributed by atoms with Crippen LogP contribution in [0.25, 0.3) is 0 Å². The van der Waals surface area contributed by atoms with Crippen molar-refractivity contribution in [1.29, 1.82) is 5.26 Å². The van der Waals surface area contributed by atoms with Crippen LogP contribution in [0.5, 0.6) is 0 Å². The highest BCUT2D eigenvalue weighted by Crippen LogP contribution is 2.36. The van der Waals surface area contributed by atoms with Gasteiger partial charge in [0.05, 0.1) is 11.6 Å². The number of nitriles is 1. The molecule has 2 aliphatic rings. The van der Waals surface area contributed by atoms with Gasteiger partial charge >= 0.3 is 0 Å². The average Bonchev–Trinajstić information content (AvgIpc) is 2.86. The van der Waals surface area contributed by atoms with Gasteiger partial charge in [0, 0.05) is 36.4 Å². The summed E-state index contributed by atoms with van der Waals surface area (Å²) in [6, 6.07) is 15.9. The predicted octanol–water partition coefficient (Wildman–Crippen LogP) is 5.45. The molecule has 0 bridgehead atoms. The first-order valence-corrected chi connectivity index (χ1v) is 12.3. The number of benzene rings is 2. The molecule has 2 aromatic rings. The lowest BCUT2D eigenvalue weighted by atomic mass is 9.78. The molecule has 0 saturated heterocycles. The van der Waals surface area contributed by atoms with Crippen molar-refractivity contribution >= 4 is 17.3 Å². The summed E-state index contributed by atoms with van der Waals surface area (Å²) in [7, 11) is 0. The molecule has 1 fully saturated rings. The van der Waals surface area contributed by atoms with E-state index < -0.39 is 0 Å². The Hall–Kier alpha value is -3.23. The molecule has 4 rings (SSSR count). The van der Waals surface area contributed by atoms with E-state index in [1.807, 2.05) is 36.4 Å². The van der Waals surface area contributed by atoms with Gasteiger partial charge in [-0.2, -0.15) is 5.26 Å². The van der Waals surface area contributed by atoms with E-state index in [0.29, 0.717) is 5.56 Å². The van der Waals surface area contributed by atoms with E-state index in [-0.39, 0.29) is 17.1 Å². The van der Waals surface area contributed by atoms with Gasteiger partial charge in [-0.1, -0.05) is 37.5 Å². The second kappa shape index (κ2) is 10.8. The Kier molecular flexibility index (Phi) is 7.59. The van der Waals surface area contributed by atoms with Crippen LogP contribution in [0.3, 0.4) is 0 Å². The lowest BCUT2D eigenvalue weighted by molar-refractivity contribution is -0.112. The van der Waals surface area contributed by atoms with Crippen LogP contribution in [-0.4, -0.2) is 35.1 Å². The molecule has 0 amide bonds. The molecular weight excluding hydrogens is 422 g/mol.